The van der Waals surface area contributed by atoms with Crippen LogP contribution in [-0.2, 0) is 11.3 Å². The van der Waals surface area contributed by atoms with E-state index in [4.69, 9.17) is 4.74 Å². The van der Waals surface area contributed by atoms with Crippen molar-refractivity contribution < 1.29 is 14.5 Å². The van der Waals surface area contributed by atoms with E-state index in [0.717, 1.165) is 26.9 Å². The lowest BCUT2D eigenvalue weighted by molar-refractivity contribution is -0.384. The van der Waals surface area contributed by atoms with E-state index in [1.807, 2.05) is 39.8 Å². The zero-order valence-electron chi connectivity index (χ0n) is 17.7. The Morgan fingerprint density at radius 1 is 1.19 bits per heavy atom. The van der Waals surface area contributed by atoms with Gasteiger partial charge in [-0.2, -0.15) is 5.10 Å². The number of carbonyl (C=O) groups is 1. The molecule has 0 aliphatic heterocycles. The van der Waals surface area contributed by atoms with Crippen LogP contribution in [0.3, 0.4) is 0 Å². The maximum atomic E-state index is 12.4. The highest BCUT2D eigenvalue weighted by atomic mass is 79.9. The van der Waals surface area contributed by atoms with Gasteiger partial charge in [-0.25, -0.2) is 0 Å². The second kappa shape index (κ2) is 9.30. The second-order valence-electron chi connectivity index (χ2n) is 7.40. The first kappa shape index (κ1) is 22.5. The predicted octanol–water partition coefficient (Wildman–Crippen LogP) is 5.61. The molecule has 2 aromatic carbocycles. The molecule has 3 aromatic rings. The highest BCUT2D eigenvalue weighted by molar-refractivity contribution is 9.10. The van der Waals surface area contributed by atoms with E-state index in [-0.39, 0.29) is 23.8 Å². The zero-order chi connectivity index (χ0) is 22.7. The van der Waals surface area contributed by atoms with Crippen LogP contribution in [0.15, 0.2) is 41.0 Å². The summed E-state index contributed by atoms with van der Waals surface area (Å²) in [5.74, 6) is 0.623. The van der Waals surface area contributed by atoms with Crippen LogP contribution in [0.4, 0.5) is 11.4 Å². The topological polar surface area (TPSA) is 99.3 Å². The average molecular weight is 487 g/mol. The number of non-ortho nitro benzene ring substituents is 1. The Kier molecular flexibility index (Phi) is 6.74. The summed E-state index contributed by atoms with van der Waals surface area (Å²) in [4.78, 5) is 23.3. The molecule has 0 saturated heterocycles. The van der Waals surface area contributed by atoms with E-state index in [1.165, 1.54) is 12.1 Å². The smallest absolute Gasteiger partial charge is 0.275 e. The Hall–Kier alpha value is -3.20. The number of halogens is 1. The van der Waals surface area contributed by atoms with Crippen LogP contribution in [-0.4, -0.2) is 20.6 Å². The number of nitrogens with one attached hydrogen (secondary N) is 1. The number of ether oxygens (including phenoxy) is 1. The van der Waals surface area contributed by atoms with Gasteiger partial charge in [-0.3, -0.25) is 19.6 Å². The number of nitro groups is 1. The van der Waals surface area contributed by atoms with Crippen LogP contribution in [0.2, 0.25) is 0 Å². The van der Waals surface area contributed by atoms with Gasteiger partial charge in [0, 0.05) is 31.3 Å². The molecule has 0 aliphatic carbocycles. The number of hydrogen-bond donors (Lipinski definition) is 1. The first-order chi connectivity index (χ1) is 14.6. The fraction of sp³-hybridized carbons (Fsp3) is 0.273. The molecule has 1 heterocycles. The summed E-state index contributed by atoms with van der Waals surface area (Å²) in [6.07, 6.45) is 1.97. The maximum Gasteiger partial charge on any atom is 0.275 e. The van der Waals surface area contributed by atoms with Crippen molar-refractivity contribution in [3.63, 3.8) is 0 Å². The summed E-state index contributed by atoms with van der Waals surface area (Å²) in [5.41, 5.74) is 4.01. The molecule has 1 N–H and O–H groups in total. The monoisotopic (exact) mass is 486 g/mol. The van der Waals surface area contributed by atoms with Gasteiger partial charge in [-0.1, -0.05) is 6.07 Å². The molecule has 0 atom stereocenters. The molecule has 8 nitrogen and oxygen atoms in total. The van der Waals surface area contributed by atoms with E-state index in [9.17, 15) is 14.9 Å². The molecule has 0 saturated carbocycles. The Labute approximate surface area is 188 Å². The van der Waals surface area contributed by atoms with Crippen molar-refractivity contribution in [1.29, 1.82) is 0 Å². The molecule has 0 fully saturated rings. The minimum atomic E-state index is -0.513. The molecular weight excluding hydrogens is 464 g/mol. The Bertz CT molecular complexity index is 1140. The third-order valence-electron chi connectivity index (χ3n) is 4.83. The Balaban J connectivity index is 1.78. The fourth-order valence-electron chi connectivity index (χ4n) is 3.10. The van der Waals surface area contributed by atoms with Gasteiger partial charge >= 0.3 is 0 Å². The van der Waals surface area contributed by atoms with Gasteiger partial charge in [0.05, 0.1) is 26.8 Å². The second-order valence-corrected chi connectivity index (χ2v) is 8.26. The summed E-state index contributed by atoms with van der Waals surface area (Å²) in [5, 5.41) is 18.4. The van der Waals surface area contributed by atoms with E-state index in [1.54, 1.807) is 16.9 Å². The number of nitrogens with zero attached hydrogens (tertiary/aromatic N) is 3. The molecule has 0 radical (unpaired) electrons. The Morgan fingerprint density at radius 2 is 1.94 bits per heavy atom. The minimum absolute atomic E-state index is 0.165. The van der Waals surface area contributed by atoms with E-state index < -0.39 is 4.92 Å². The molecule has 1 aromatic heterocycles. The molecule has 1 amide bonds. The van der Waals surface area contributed by atoms with Crippen molar-refractivity contribution in [3.8, 4) is 11.5 Å². The summed E-state index contributed by atoms with van der Waals surface area (Å²) in [6.45, 7) is 8.12. The number of carbonyl (C=O) groups excluding carboxylic acids is 1. The van der Waals surface area contributed by atoms with Crippen LogP contribution in [0.5, 0.6) is 11.5 Å². The Morgan fingerprint density at radius 3 is 2.58 bits per heavy atom. The maximum absolute atomic E-state index is 12.4. The standard InChI is InChI=1S/C22H23BrN4O4/c1-13-7-14(2)15(3)21(8-13)31-19-10-17(9-18(11-19)27(29)30)24-22(28)5-6-26-12-20(23)16(4)25-26/h7-12H,5-6H2,1-4H3,(H,24,28). The molecule has 31 heavy (non-hydrogen) atoms. The third-order valence-corrected chi connectivity index (χ3v) is 5.61. The normalized spacial score (nSPS) is 10.7. The van der Waals surface area contributed by atoms with E-state index >= 15 is 0 Å². The van der Waals surface area contributed by atoms with Crippen LogP contribution in [0.1, 0.15) is 28.8 Å². The largest absolute Gasteiger partial charge is 0.457 e. The van der Waals surface area contributed by atoms with Crippen LogP contribution in [0, 0.1) is 37.8 Å². The van der Waals surface area contributed by atoms with Gasteiger partial charge in [0.15, 0.2) is 0 Å². The van der Waals surface area contributed by atoms with Crippen molar-refractivity contribution >= 4 is 33.2 Å². The highest BCUT2D eigenvalue weighted by Gasteiger charge is 2.15. The van der Waals surface area contributed by atoms with Gasteiger partial charge in [0.1, 0.15) is 11.5 Å². The number of aryl methyl sites for hydroxylation is 4. The van der Waals surface area contributed by atoms with E-state index in [2.05, 4.69) is 26.3 Å². The van der Waals surface area contributed by atoms with Gasteiger partial charge in [0.25, 0.3) is 5.69 Å². The van der Waals surface area contributed by atoms with Gasteiger partial charge in [0.2, 0.25) is 5.91 Å². The van der Waals surface area contributed by atoms with Gasteiger partial charge in [-0.15, -0.1) is 0 Å². The lowest BCUT2D eigenvalue weighted by atomic mass is 10.1. The number of aromatic nitrogens is 2. The molecule has 162 valence electrons. The number of hydrogen-bond acceptors (Lipinski definition) is 5. The number of amides is 1. The van der Waals surface area contributed by atoms with Crippen molar-refractivity contribution in [1.82, 2.24) is 9.78 Å². The first-order valence-corrected chi connectivity index (χ1v) is 10.5. The molecule has 0 bridgehead atoms. The molecule has 3 rings (SSSR count). The van der Waals surface area contributed by atoms with Crippen molar-refractivity contribution in [2.75, 3.05) is 5.32 Å². The fourth-order valence-corrected chi connectivity index (χ4v) is 3.42. The van der Waals surface area contributed by atoms with Crippen molar-refractivity contribution in [2.45, 2.75) is 40.7 Å². The average Bonchev–Trinajstić information content (AvgIpc) is 3.01. The summed E-state index contributed by atoms with van der Waals surface area (Å²) in [7, 11) is 0. The number of rotatable bonds is 7. The lowest BCUT2D eigenvalue weighted by Crippen LogP contribution is -2.15. The highest BCUT2D eigenvalue weighted by Crippen LogP contribution is 2.33. The molecular formula is C22H23BrN4O4. The van der Waals surface area contributed by atoms with Gasteiger partial charge < -0.3 is 10.1 Å². The molecule has 0 aliphatic rings. The zero-order valence-corrected chi connectivity index (χ0v) is 19.3. The van der Waals surface area contributed by atoms with Gasteiger partial charge in [-0.05, 0) is 66.4 Å². The molecule has 0 spiro atoms. The van der Waals surface area contributed by atoms with Crippen LogP contribution in [0.25, 0.3) is 0 Å². The first-order valence-electron chi connectivity index (χ1n) is 9.67. The van der Waals surface area contributed by atoms with E-state index in [0.29, 0.717) is 18.0 Å². The predicted molar refractivity (Wildman–Crippen MR) is 122 cm³/mol. The third kappa shape index (κ3) is 5.69. The van der Waals surface area contributed by atoms with Crippen LogP contribution >= 0.6 is 15.9 Å². The molecule has 9 heteroatoms. The number of anilines is 1. The SMILES string of the molecule is Cc1cc(C)c(C)c(Oc2cc(NC(=O)CCn3cc(Br)c(C)n3)cc([N+](=O)[O-])c2)c1. The minimum Gasteiger partial charge on any atom is -0.457 e. The number of nitro benzene ring substituents is 1. The van der Waals surface area contributed by atoms with Crippen molar-refractivity contribution in [2.24, 2.45) is 0 Å². The van der Waals surface area contributed by atoms with Crippen molar-refractivity contribution in [3.05, 3.63) is 73.5 Å². The molecule has 0 unspecified atom stereocenters. The number of benzene rings is 2. The summed E-state index contributed by atoms with van der Waals surface area (Å²) >= 11 is 3.39. The summed E-state index contributed by atoms with van der Waals surface area (Å²) < 4.78 is 8.49. The quantitative estimate of drug-likeness (QED) is 0.345. The van der Waals surface area contributed by atoms with Crippen LogP contribution < -0.4 is 10.1 Å². The summed E-state index contributed by atoms with van der Waals surface area (Å²) in [6, 6.07) is 8.16. The lowest BCUT2D eigenvalue weighted by Gasteiger charge is -2.13.